The number of carbonyl (C=O) groups is 2. The zero-order valence-electron chi connectivity index (χ0n) is 11.7. The first-order valence-electron chi connectivity index (χ1n) is 6.65. The van der Waals surface area contributed by atoms with Crippen molar-refractivity contribution in [3.8, 4) is 0 Å². The molecule has 0 bridgehead atoms. The molecule has 0 aliphatic heterocycles. The normalized spacial score (nSPS) is 11.8. The monoisotopic (exact) mass is 300 g/mol. The van der Waals surface area contributed by atoms with Crippen molar-refractivity contribution in [3.63, 3.8) is 0 Å². The number of rotatable bonds is 7. The highest BCUT2D eigenvalue weighted by Gasteiger charge is 2.18. The second kappa shape index (κ2) is 8.18. The summed E-state index contributed by atoms with van der Waals surface area (Å²) >= 11 is 0. The van der Waals surface area contributed by atoms with Crippen LogP contribution in [0.1, 0.15) is 31.7 Å². The van der Waals surface area contributed by atoms with Gasteiger partial charge in [0.25, 0.3) is 0 Å². The number of halogens is 2. The Morgan fingerprint density at radius 1 is 1.29 bits per heavy atom. The minimum Gasteiger partial charge on any atom is -0.480 e. The lowest BCUT2D eigenvalue weighted by Crippen LogP contribution is -2.45. The topological polar surface area (TPSA) is 78.4 Å². The van der Waals surface area contributed by atoms with Gasteiger partial charge in [0.15, 0.2) is 11.6 Å². The van der Waals surface area contributed by atoms with Crippen molar-refractivity contribution in [1.29, 1.82) is 0 Å². The van der Waals surface area contributed by atoms with Crippen LogP contribution in [0, 0.1) is 11.6 Å². The van der Waals surface area contributed by atoms with E-state index in [1.807, 2.05) is 6.92 Å². The maximum absolute atomic E-state index is 13.0. The highest BCUT2D eigenvalue weighted by atomic mass is 19.2. The molecule has 0 aliphatic rings. The van der Waals surface area contributed by atoms with E-state index in [0.29, 0.717) is 18.4 Å². The largest absolute Gasteiger partial charge is 0.480 e. The number of unbranched alkanes of at least 4 members (excludes halogenated alkanes) is 1. The van der Waals surface area contributed by atoms with E-state index in [9.17, 15) is 18.4 Å². The zero-order chi connectivity index (χ0) is 15.8. The van der Waals surface area contributed by atoms with Crippen molar-refractivity contribution >= 4 is 12.0 Å². The molecule has 0 radical (unpaired) electrons. The van der Waals surface area contributed by atoms with E-state index in [1.54, 1.807) is 0 Å². The van der Waals surface area contributed by atoms with Crippen LogP contribution in [-0.2, 0) is 11.3 Å². The fourth-order valence-corrected chi connectivity index (χ4v) is 1.71. The van der Waals surface area contributed by atoms with Gasteiger partial charge in [-0.05, 0) is 24.1 Å². The molecule has 2 amide bonds. The Kier molecular flexibility index (Phi) is 6.58. The number of carbonyl (C=O) groups excluding carboxylic acids is 1. The predicted molar refractivity (Wildman–Crippen MR) is 72.7 cm³/mol. The van der Waals surface area contributed by atoms with Crippen LogP contribution in [0.2, 0.25) is 0 Å². The van der Waals surface area contributed by atoms with E-state index in [0.717, 1.165) is 18.6 Å². The second-order valence-electron chi connectivity index (χ2n) is 4.61. The molecule has 116 valence electrons. The first kappa shape index (κ1) is 16.9. The molecule has 1 aromatic carbocycles. The Balaban J connectivity index is 2.48. The first-order valence-corrected chi connectivity index (χ1v) is 6.65. The first-order chi connectivity index (χ1) is 9.93. The average Bonchev–Trinajstić information content (AvgIpc) is 2.44. The van der Waals surface area contributed by atoms with Crippen LogP contribution in [0.15, 0.2) is 18.2 Å². The molecule has 0 saturated carbocycles. The van der Waals surface area contributed by atoms with Crippen molar-refractivity contribution in [2.24, 2.45) is 0 Å². The van der Waals surface area contributed by atoms with E-state index in [1.165, 1.54) is 6.07 Å². The molecule has 1 atom stereocenters. The maximum atomic E-state index is 13.0. The van der Waals surface area contributed by atoms with Gasteiger partial charge in [-0.2, -0.15) is 0 Å². The molecule has 7 heteroatoms. The number of benzene rings is 1. The molecule has 21 heavy (non-hydrogen) atoms. The highest BCUT2D eigenvalue weighted by molar-refractivity contribution is 5.82. The molecule has 0 fully saturated rings. The fraction of sp³-hybridized carbons (Fsp3) is 0.429. The number of aliphatic carboxylic acids is 1. The van der Waals surface area contributed by atoms with Crippen LogP contribution in [0.25, 0.3) is 0 Å². The van der Waals surface area contributed by atoms with Crippen molar-refractivity contribution in [3.05, 3.63) is 35.4 Å². The third-order valence-electron chi connectivity index (χ3n) is 2.89. The van der Waals surface area contributed by atoms with Crippen molar-refractivity contribution in [1.82, 2.24) is 10.6 Å². The molecule has 1 rings (SSSR count). The van der Waals surface area contributed by atoms with Crippen molar-refractivity contribution in [2.75, 3.05) is 0 Å². The SMILES string of the molecule is CCCC[C@H](NC(=O)NCc1ccc(F)c(F)c1)C(=O)O. The number of nitrogens with one attached hydrogen (secondary N) is 2. The zero-order valence-corrected chi connectivity index (χ0v) is 11.7. The third kappa shape index (κ3) is 5.76. The summed E-state index contributed by atoms with van der Waals surface area (Å²) in [5, 5.41) is 13.7. The molecule has 0 aromatic heterocycles. The second-order valence-corrected chi connectivity index (χ2v) is 4.61. The number of hydrogen-bond donors (Lipinski definition) is 3. The van der Waals surface area contributed by atoms with Crippen LogP contribution in [0.3, 0.4) is 0 Å². The number of hydrogen-bond acceptors (Lipinski definition) is 2. The van der Waals surface area contributed by atoms with Gasteiger partial charge in [-0.3, -0.25) is 0 Å². The quantitative estimate of drug-likeness (QED) is 0.723. The van der Waals surface area contributed by atoms with E-state index in [4.69, 9.17) is 5.11 Å². The van der Waals surface area contributed by atoms with Crippen molar-refractivity contribution in [2.45, 2.75) is 38.8 Å². The molecule has 0 saturated heterocycles. The maximum Gasteiger partial charge on any atom is 0.326 e. The van der Waals surface area contributed by atoms with Crippen LogP contribution < -0.4 is 10.6 Å². The predicted octanol–water partition coefficient (Wildman–Crippen LogP) is 2.41. The molecule has 3 N–H and O–H groups in total. The Morgan fingerprint density at radius 3 is 2.57 bits per heavy atom. The standard InChI is InChI=1S/C14H18F2N2O3/c1-2-3-4-12(13(19)20)18-14(21)17-8-9-5-6-10(15)11(16)7-9/h5-7,12H,2-4,8H2,1H3,(H,19,20)(H2,17,18,21)/t12-/m0/s1. The summed E-state index contributed by atoms with van der Waals surface area (Å²) in [4.78, 5) is 22.6. The summed E-state index contributed by atoms with van der Waals surface area (Å²) in [5.41, 5.74) is 0.379. The number of carboxylic acids is 1. The fourth-order valence-electron chi connectivity index (χ4n) is 1.71. The van der Waals surface area contributed by atoms with E-state index < -0.39 is 29.7 Å². The van der Waals surface area contributed by atoms with Crippen LogP contribution in [0.5, 0.6) is 0 Å². The van der Waals surface area contributed by atoms with Crippen LogP contribution in [0.4, 0.5) is 13.6 Å². The third-order valence-corrected chi connectivity index (χ3v) is 2.89. The van der Waals surface area contributed by atoms with Crippen LogP contribution >= 0.6 is 0 Å². The lowest BCUT2D eigenvalue weighted by molar-refractivity contribution is -0.139. The van der Waals surface area contributed by atoms with Gasteiger partial charge in [0.1, 0.15) is 6.04 Å². The lowest BCUT2D eigenvalue weighted by Gasteiger charge is -2.14. The summed E-state index contributed by atoms with van der Waals surface area (Å²) < 4.78 is 25.7. The van der Waals surface area contributed by atoms with E-state index in [-0.39, 0.29) is 6.54 Å². The lowest BCUT2D eigenvalue weighted by atomic mass is 10.1. The Morgan fingerprint density at radius 2 is 2.00 bits per heavy atom. The summed E-state index contributed by atoms with van der Waals surface area (Å²) in [6.45, 7) is 1.89. The molecule has 0 spiro atoms. The molecule has 5 nitrogen and oxygen atoms in total. The Labute approximate surface area is 121 Å². The van der Waals surface area contributed by atoms with Crippen molar-refractivity contribution < 1.29 is 23.5 Å². The molecule has 0 unspecified atom stereocenters. The molecule has 0 aliphatic carbocycles. The van der Waals surface area contributed by atoms with Crippen LogP contribution in [-0.4, -0.2) is 23.1 Å². The van der Waals surface area contributed by atoms with Gasteiger partial charge >= 0.3 is 12.0 Å². The van der Waals surface area contributed by atoms with Gasteiger partial charge < -0.3 is 15.7 Å². The number of carboxylic acid groups (broad SMARTS) is 1. The number of urea groups is 1. The summed E-state index contributed by atoms with van der Waals surface area (Å²) in [6, 6.07) is 1.65. The Hall–Kier alpha value is -2.18. The van der Waals surface area contributed by atoms with Gasteiger partial charge in [-0.25, -0.2) is 18.4 Å². The minimum atomic E-state index is -1.11. The molecule has 1 aromatic rings. The minimum absolute atomic E-state index is 0.0247. The molecular formula is C14H18F2N2O3. The Bertz CT molecular complexity index is 509. The number of amides is 2. The van der Waals surface area contributed by atoms with Gasteiger partial charge in [-0.1, -0.05) is 25.8 Å². The average molecular weight is 300 g/mol. The molecular weight excluding hydrogens is 282 g/mol. The highest BCUT2D eigenvalue weighted by Crippen LogP contribution is 2.08. The van der Waals surface area contributed by atoms with Gasteiger partial charge in [0, 0.05) is 6.54 Å². The summed E-state index contributed by atoms with van der Waals surface area (Å²) in [7, 11) is 0. The van der Waals surface area contributed by atoms with Gasteiger partial charge in [0.2, 0.25) is 0 Å². The summed E-state index contributed by atoms with van der Waals surface area (Å²) in [6.07, 6.45) is 1.84. The van der Waals surface area contributed by atoms with Gasteiger partial charge in [0.05, 0.1) is 0 Å². The van der Waals surface area contributed by atoms with E-state index >= 15 is 0 Å². The van der Waals surface area contributed by atoms with Gasteiger partial charge in [-0.15, -0.1) is 0 Å². The van der Waals surface area contributed by atoms with E-state index in [2.05, 4.69) is 10.6 Å². The molecule has 0 heterocycles. The summed E-state index contributed by atoms with van der Waals surface area (Å²) in [5.74, 6) is -3.07. The smallest absolute Gasteiger partial charge is 0.326 e.